The summed E-state index contributed by atoms with van der Waals surface area (Å²) in [5, 5.41) is 9.45. The summed E-state index contributed by atoms with van der Waals surface area (Å²) in [6, 6.07) is 7.72. The Balaban J connectivity index is 2.25. The van der Waals surface area contributed by atoms with E-state index in [4.69, 9.17) is 0 Å². The molecule has 1 fully saturated rings. The van der Waals surface area contributed by atoms with Crippen molar-refractivity contribution in [1.29, 1.82) is 0 Å². The Kier molecular flexibility index (Phi) is 4.21. The van der Waals surface area contributed by atoms with E-state index in [1.165, 1.54) is 19.3 Å². The first-order chi connectivity index (χ1) is 8.18. The fraction of sp³-hybridized carbons (Fsp3) is 0.500. The van der Waals surface area contributed by atoms with E-state index >= 15 is 0 Å². The molecule has 1 atom stereocenters. The van der Waals surface area contributed by atoms with E-state index in [9.17, 15) is 9.90 Å². The lowest BCUT2D eigenvalue weighted by atomic mass is 9.77. The number of carboxylic acid groups (broad SMARTS) is 1. The SMILES string of the molecule is O=C(O)[C@@H](c1cccc(Br)c1)C1CCCCC1. The molecule has 2 nitrogen and oxygen atoms in total. The molecule has 0 bridgehead atoms. The highest BCUT2D eigenvalue weighted by molar-refractivity contribution is 9.10. The van der Waals surface area contributed by atoms with Gasteiger partial charge in [0, 0.05) is 4.47 Å². The van der Waals surface area contributed by atoms with Crippen LogP contribution in [0.5, 0.6) is 0 Å². The summed E-state index contributed by atoms with van der Waals surface area (Å²) in [5.74, 6) is -0.724. The lowest BCUT2D eigenvalue weighted by Crippen LogP contribution is -2.23. The van der Waals surface area contributed by atoms with Crippen LogP contribution in [0, 0.1) is 5.92 Å². The summed E-state index contributed by atoms with van der Waals surface area (Å²) >= 11 is 3.41. The molecule has 1 aromatic rings. The molecule has 1 aliphatic carbocycles. The van der Waals surface area contributed by atoms with Crippen LogP contribution < -0.4 is 0 Å². The monoisotopic (exact) mass is 296 g/mol. The third kappa shape index (κ3) is 3.09. The topological polar surface area (TPSA) is 37.3 Å². The molecule has 0 radical (unpaired) electrons. The number of rotatable bonds is 3. The molecule has 1 saturated carbocycles. The zero-order chi connectivity index (χ0) is 12.3. The van der Waals surface area contributed by atoms with Crippen LogP contribution in [0.3, 0.4) is 0 Å². The first kappa shape index (κ1) is 12.6. The number of carbonyl (C=O) groups is 1. The Morgan fingerprint density at radius 1 is 1.29 bits per heavy atom. The van der Waals surface area contributed by atoms with Crippen LogP contribution in [0.2, 0.25) is 0 Å². The predicted octanol–water partition coefficient (Wildman–Crippen LogP) is 4.20. The number of benzene rings is 1. The molecule has 1 aliphatic rings. The zero-order valence-corrected chi connectivity index (χ0v) is 11.3. The van der Waals surface area contributed by atoms with Gasteiger partial charge in [0.15, 0.2) is 0 Å². The summed E-state index contributed by atoms with van der Waals surface area (Å²) in [5.41, 5.74) is 0.929. The molecule has 0 amide bonds. The molecule has 0 saturated heterocycles. The van der Waals surface area contributed by atoms with Gasteiger partial charge in [0.25, 0.3) is 0 Å². The third-order valence-electron chi connectivity index (χ3n) is 3.60. The minimum atomic E-state index is -0.685. The molecule has 0 heterocycles. The summed E-state index contributed by atoms with van der Waals surface area (Å²) in [7, 11) is 0. The van der Waals surface area contributed by atoms with Gasteiger partial charge in [0.05, 0.1) is 5.92 Å². The summed E-state index contributed by atoms with van der Waals surface area (Å²) in [6.07, 6.45) is 5.68. The number of hydrogen-bond acceptors (Lipinski definition) is 1. The maximum absolute atomic E-state index is 11.5. The smallest absolute Gasteiger partial charge is 0.311 e. The summed E-state index contributed by atoms with van der Waals surface area (Å²) < 4.78 is 0.956. The highest BCUT2D eigenvalue weighted by Crippen LogP contribution is 2.36. The first-order valence-electron chi connectivity index (χ1n) is 6.17. The fourth-order valence-electron chi connectivity index (χ4n) is 2.78. The van der Waals surface area contributed by atoms with E-state index in [1.807, 2.05) is 24.3 Å². The van der Waals surface area contributed by atoms with E-state index in [0.29, 0.717) is 5.92 Å². The second-order valence-electron chi connectivity index (χ2n) is 4.77. The first-order valence-corrected chi connectivity index (χ1v) is 6.96. The summed E-state index contributed by atoms with van der Waals surface area (Å²) in [6.45, 7) is 0. The van der Waals surface area contributed by atoms with Crippen molar-refractivity contribution in [1.82, 2.24) is 0 Å². The Morgan fingerprint density at radius 2 is 2.00 bits per heavy atom. The van der Waals surface area contributed by atoms with Gasteiger partial charge in [-0.3, -0.25) is 4.79 Å². The molecule has 2 rings (SSSR count). The van der Waals surface area contributed by atoms with Crippen LogP contribution in [0.25, 0.3) is 0 Å². The quantitative estimate of drug-likeness (QED) is 0.908. The molecule has 0 spiro atoms. The van der Waals surface area contributed by atoms with E-state index in [0.717, 1.165) is 22.9 Å². The van der Waals surface area contributed by atoms with Crippen LogP contribution in [0.1, 0.15) is 43.6 Å². The molecule has 17 heavy (non-hydrogen) atoms. The van der Waals surface area contributed by atoms with Gasteiger partial charge >= 0.3 is 5.97 Å². The van der Waals surface area contributed by atoms with E-state index in [2.05, 4.69) is 15.9 Å². The van der Waals surface area contributed by atoms with Gasteiger partial charge in [-0.1, -0.05) is 47.3 Å². The number of halogens is 1. The van der Waals surface area contributed by atoms with Crippen molar-refractivity contribution in [3.05, 3.63) is 34.3 Å². The van der Waals surface area contributed by atoms with E-state index in [1.54, 1.807) is 0 Å². The van der Waals surface area contributed by atoms with Gasteiger partial charge in [-0.2, -0.15) is 0 Å². The van der Waals surface area contributed by atoms with Gasteiger partial charge in [-0.05, 0) is 36.5 Å². The van der Waals surface area contributed by atoms with Gasteiger partial charge in [0.2, 0.25) is 0 Å². The van der Waals surface area contributed by atoms with Gasteiger partial charge in [0.1, 0.15) is 0 Å². The van der Waals surface area contributed by atoms with Crippen molar-refractivity contribution < 1.29 is 9.90 Å². The number of hydrogen-bond donors (Lipinski definition) is 1. The maximum Gasteiger partial charge on any atom is 0.311 e. The Labute approximate surface area is 110 Å². The molecule has 0 unspecified atom stereocenters. The molecule has 3 heteroatoms. The minimum absolute atomic E-state index is 0.301. The van der Waals surface area contributed by atoms with Crippen LogP contribution in [-0.4, -0.2) is 11.1 Å². The van der Waals surface area contributed by atoms with Crippen LogP contribution in [0.15, 0.2) is 28.7 Å². The molecule has 0 aliphatic heterocycles. The van der Waals surface area contributed by atoms with E-state index < -0.39 is 5.97 Å². The minimum Gasteiger partial charge on any atom is -0.481 e. The van der Waals surface area contributed by atoms with Crippen molar-refractivity contribution in [2.45, 2.75) is 38.0 Å². The predicted molar refractivity (Wildman–Crippen MR) is 71.1 cm³/mol. The molecule has 92 valence electrons. The number of aliphatic carboxylic acids is 1. The van der Waals surface area contributed by atoms with Crippen molar-refractivity contribution in [2.24, 2.45) is 5.92 Å². The van der Waals surface area contributed by atoms with Gasteiger partial charge in [-0.25, -0.2) is 0 Å². The van der Waals surface area contributed by atoms with Crippen LogP contribution >= 0.6 is 15.9 Å². The average Bonchev–Trinajstić information content (AvgIpc) is 2.30. The van der Waals surface area contributed by atoms with Gasteiger partial charge < -0.3 is 5.11 Å². The highest BCUT2D eigenvalue weighted by Gasteiger charge is 2.30. The molecular formula is C14H17BrO2. The van der Waals surface area contributed by atoms with Crippen molar-refractivity contribution in [2.75, 3.05) is 0 Å². The third-order valence-corrected chi connectivity index (χ3v) is 4.09. The van der Waals surface area contributed by atoms with Crippen molar-refractivity contribution >= 4 is 21.9 Å². The second kappa shape index (κ2) is 5.67. The lowest BCUT2D eigenvalue weighted by molar-refractivity contribution is -0.140. The van der Waals surface area contributed by atoms with Crippen molar-refractivity contribution in [3.63, 3.8) is 0 Å². The average molecular weight is 297 g/mol. The molecular weight excluding hydrogens is 280 g/mol. The zero-order valence-electron chi connectivity index (χ0n) is 9.73. The maximum atomic E-state index is 11.5. The Bertz CT molecular complexity index is 397. The second-order valence-corrected chi connectivity index (χ2v) is 5.68. The highest BCUT2D eigenvalue weighted by atomic mass is 79.9. The van der Waals surface area contributed by atoms with Gasteiger partial charge in [-0.15, -0.1) is 0 Å². The largest absolute Gasteiger partial charge is 0.481 e. The Morgan fingerprint density at radius 3 is 2.59 bits per heavy atom. The fourth-order valence-corrected chi connectivity index (χ4v) is 3.20. The van der Waals surface area contributed by atoms with Crippen LogP contribution in [-0.2, 0) is 4.79 Å². The lowest BCUT2D eigenvalue weighted by Gasteiger charge is -2.27. The van der Waals surface area contributed by atoms with Crippen molar-refractivity contribution in [3.8, 4) is 0 Å². The van der Waals surface area contributed by atoms with E-state index in [-0.39, 0.29) is 5.92 Å². The molecule has 0 aromatic heterocycles. The Hall–Kier alpha value is -0.830. The molecule has 1 aromatic carbocycles. The number of carboxylic acids is 1. The molecule has 1 N–H and O–H groups in total. The standard InChI is InChI=1S/C14H17BrO2/c15-12-8-4-7-11(9-12)13(14(16)17)10-5-2-1-3-6-10/h4,7-10,13H,1-3,5-6H2,(H,16,17)/t13-/m1/s1. The normalized spacial score (nSPS) is 18.9. The summed E-state index contributed by atoms with van der Waals surface area (Å²) in [4.78, 5) is 11.5. The van der Waals surface area contributed by atoms with Crippen LogP contribution in [0.4, 0.5) is 0 Å².